The second kappa shape index (κ2) is 34.6. The molecule has 0 saturated carbocycles. The van der Waals surface area contributed by atoms with Crippen LogP contribution >= 0.6 is 0 Å². The molecule has 0 unspecified atom stereocenters. The standard InChI is InChI=1S/2C44H25N5.C39H23N5.C6H6/c45-26-28-13-7-10-20-35(28)49-43-34(23-24-38-41(43)32-18-8-11-21-36(32)47(38)30-14-3-1-4-15-30)40-29(27-46)25-39-42(44(40)49)33-19-9-12-22-37(33)48(39)31-16-5-2-6-17-31;45-26-28-14-18-31(19-15-28)47-37-12-6-4-10-35(37)41-39(47)24-22-33-34-23-25-40-42(44(34)49(43(33)41)30-8-2-1-3-9-30)36-11-5-7-13-38(36)48(40)32-20-16-29(27-46)17-21-32;1-42-38-28(18-20-33-35(38)30-11-5-6-13-32(30)43(33)26-9-3-2-4-10-26)29-19-21-34-36(39(29)42)31-12-7-8-25(23-41)37(31)44(34)27-16-14-24(22-40)15-17-27;1-2-4-6-5-3-1/h2*1-25H;2-21H,1H3;1-6H. The SMILES string of the molecule is Cn1c2c(ccc3c2c2ccccc2n3-c2ccccc2)c2ccc3c(c4cccc(C#N)c4n3-c3ccc(C#N)cc3)c21.N#Cc1ccc(-n2c3ccccc3c3c2ccc2c4ccc5c(c6ccccc6n5-c5ccc(C#N)cc5)c4n(-c4ccccc4)c23)cc1.N#Cc1ccccc1-n1c2c(ccc3c2c2ccccc2n3-c2ccccc2)c2c(C#N)cc3c(c4ccccc4n3-c3ccccc3)c21.c1ccccc1. The van der Waals surface area contributed by atoms with Crippen LogP contribution < -0.4 is 0 Å². The maximum Gasteiger partial charge on any atom is 0.101 e. The van der Waals surface area contributed by atoms with Crippen molar-refractivity contribution in [2.75, 3.05) is 0 Å². The molecule has 0 aliphatic rings. The molecule has 0 saturated heterocycles. The quantitative estimate of drug-likeness (QED) is 0.146. The van der Waals surface area contributed by atoms with Gasteiger partial charge in [-0.1, -0.05) is 255 Å². The summed E-state index contributed by atoms with van der Waals surface area (Å²) in [6, 6.07) is 172. The van der Waals surface area contributed by atoms with Gasteiger partial charge in [0.2, 0.25) is 0 Å². The Labute approximate surface area is 846 Å². The summed E-state index contributed by atoms with van der Waals surface area (Å²) in [6.07, 6.45) is 0. The highest BCUT2D eigenvalue weighted by atomic mass is 15.1. The van der Waals surface area contributed by atoms with Crippen LogP contribution in [0.25, 0.3) is 242 Å². The van der Waals surface area contributed by atoms with Crippen molar-refractivity contribution < 1.29 is 0 Å². The van der Waals surface area contributed by atoms with E-state index in [1.807, 2.05) is 176 Å². The van der Waals surface area contributed by atoms with Crippen molar-refractivity contribution in [1.29, 1.82) is 31.6 Å². The summed E-state index contributed by atoms with van der Waals surface area (Å²) in [7, 11) is 2.16. The average molecular weight is 1890 g/mol. The fourth-order valence-corrected chi connectivity index (χ4v) is 23.6. The maximum absolute atomic E-state index is 10.9. The van der Waals surface area contributed by atoms with Gasteiger partial charge in [-0.3, -0.25) is 0 Å². The third-order valence-electron chi connectivity index (χ3n) is 29.5. The van der Waals surface area contributed by atoms with Crippen molar-refractivity contribution in [1.82, 2.24) is 41.1 Å². The fourth-order valence-electron chi connectivity index (χ4n) is 23.6. The summed E-state index contributed by atoms with van der Waals surface area (Å²) in [5.41, 5.74) is 31.0. The molecule has 0 aliphatic heterocycles. The Morgan fingerprint density at radius 2 is 0.405 bits per heavy atom. The number of hydrogen-bond donors (Lipinski definition) is 0. The second-order valence-corrected chi connectivity index (χ2v) is 37.2. The van der Waals surface area contributed by atoms with Crippen LogP contribution in [0, 0.1) is 68.0 Å². The fraction of sp³-hybridized carbons (Fsp3) is 0.00752. The molecule has 21 aromatic carbocycles. The molecule has 148 heavy (non-hydrogen) atoms. The molecule has 0 radical (unpaired) electrons. The van der Waals surface area contributed by atoms with Gasteiger partial charge in [0, 0.05) is 144 Å². The van der Waals surface area contributed by atoms with Crippen LogP contribution in [0.2, 0.25) is 0 Å². The van der Waals surface area contributed by atoms with Crippen LogP contribution in [0.5, 0.6) is 0 Å². The first-order valence-corrected chi connectivity index (χ1v) is 49.0. The zero-order chi connectivity index (χ0) is 99.0. The lowest BCUT2D eigenvalue weighted by atomic mass is 10.0. The van der Waals surface area contributed by atoms with E-state index >= 15 is 0 Å². The van der Waals surface area contributed by atoms with E-state index in [0.29, 0.717) is 33.4 Å². The molecule has 0 N–H and O–H groups in total. The van der Waals surface area contributed by atoms with E-state index in [4.69, 9.17) is 0 Å². The molecule has 0 spiro atoms. The van der Waals surface area contributed by atoms with Gasteiger partial charge < -0.3 is 41.1 Å². The lowest BCUT2D eigenvalue weighted by Gasteiger charge is -2.12. The number of rotatable bonds is 8. The summed E-state index contributed by atoms with van der Waals surface area (Å²) >= 11 is 0. The van der Waals surface area contributed by atoms with Crippen LogP contribution in [0.4, 0.5) is 0 Å². The van der Waals surface area contributed by atoms with Crippen molar-refractivity contribution in [3.63, 3.8) is 0 Å². The molecule has 9 heterocycles. The minimum atomic E-state index is 0.562. The highest BCUT2D eigenvalue weighted by molar-refractivity contribution is 6.36. The minimum Gasteiger partial charge on any atom is -0.342 e. The average Bonchev–Trinajstić information content (AvgIpc) is 1.54. The highest BCUT2D eigenvalue weighted by Gasteiger charge is 2.32. The van der Waals surface area contributed by atoms with Crippen LogP contribution in [0.3, 0.4) is 0 Å². The summed E-state index contributed by atoms with van der Waals surface area (Å²) in [5, 5.41) is 80.2. The van der Waals surface area contributed by atoms with Crippen molar-refractivity contribution in [2.45, 2.75) is 0 Å². The summed E-state index contributed by atoms with van der Waals surface area (Å²) < 4.78 is 20.8. The molecule has 0 fully saturated rings. The van der Waals surface area contributed by atoms with Gasteiger partial charge in [-0.25, -0.2) is 0 Å². The molecule has 0 bridgehead atoms. The molecule has 0 amide bonds. The van der Waals surface area contributed by atoms with E-state index in [1.165, 1.54) is 70.4 Å². The largest absolute Gasteiger partial charge is 0.342 e. The summed E-state index contributed by atoms with van der Waals surface area (Å²) in [6.45, 7) is 0. The Morgan fingerprint density at radius 1 is 0.149 bits per heavy atom. The van der Waals surface area contributed by atoms with Crippen molar-refractivity contribution in [3.05, 3.63) is 494 Å². The molecule has 9 aromatic heterocycles. The van der Waals surface area contributed by atoms with Gasteiger partial charge in [0.1, 0.15) is 12.1 Å². The van der Waals surface area contributed by atoms with Crippen LogP contribution in [0.1, 0.15) is 33.4 Å². The smallest absolute Gasteiger partial charge is 0.101 e. The molecule has 0 aliphatic carbocycles. The van der Waals surface area contributed by atoms with Crippen LogP contribution in [-0.2, 0) is 7.05 Å². The molecule has 15 nitrogen and oxygen atoms in total. The number of benzene rings is 21. The topological polar surface area (TPSA) is 187 Å². The summed E-state index contributed by atoms with van der Waals surface area (Å²) in [5.74, 6) is 0. The van der Waals surface area contributed by atoms with Gasteiger partial charge in [-0.05, 0) is 206 Å². The third-order valence-corrected chi connectivity index (χ3v) is 29.5. The number of aromatic nitrogens is 9. The number of nitriles is 6. The van der Waals surface area contributed by atoms with E-state index < -0.39 is 0 Å². The van der Waals surface area contributed by atoms with Gasteiger partial charge in [-0.15, -0.1) is 0 Å². The third kappa shape index (κ3) is 13.0. The molecule has 15 heteroatoms. The first-order valence-electron chi connectivity index (χ1n) is 49.0. The zero-order valence-corrected chi connectivity index (χ0v) is 79.6. The lowest BCUT2D eigenvalue weighted by Crippen LogP contribution is -1.99. The normalized spacial score (nSPS) is 11.5. The molecular weight excluding hydrogens is 1810 g/mol. The number of hydrogen-bond acceptors (Lipinski definition) is 6. The van der Waals surface area contributed by atoms with E-state index in [-0.39, 0.29) is 0 Å². The van der Waals surface area contributed by atoms with E-state index in [9.17, 15) is 31.6 Å². The van der Waals surface area contributed by atoms with Crippen molar-refractivity contribution in [2.24, 2.45) is 7.05 Å². The van der Waals surface area contributed by atoms with Gasteiger partial charge in [0.05, 0.1) is 163 Å². The molecule has 30 aromatic rings. The Kier molecular flexibility index (Phi) is 20.1. The first kappa shape index (κ1) is 85.9. The lowest BCUT2D eigenvalue weighted by molar-refractivity contribution is 1.02. The van der Waals surface area contributed by atoms with Crippen molar-refractivity contribution in [3.8, 4) is 81.9 Å². The van der Waals surface area contributed by atoms with E-state index in [1.54, 1.807) is 0 Å². The molecular formula is C133H79N15. The maximum atomic E-state index is 10.9. The zero-order valence-electron chi connectivity index (χ0n) is 79.6. The van der Waals surface area contributed by atoms with Gasteiger partial charge in [0.25, 0.3) is 0 Å². The van der Waals surface area contributed by atoms with Crippen LogP contribution in [0.15, 0.2) is 461 Å². The monoisotopic (exact) mass is 1890 g/mol. The number of para-hydroxylation sites is 11. The summed E-state index contributed by atoms with van der Waals surface area (Å²) in [4.78, 5) is 0. The second-order valence-electron chi connectivity index (χ2n) is 37.2. The van der Waals surface area contributed by atoms with E-state index in [0.717, 1.165) is 171 Å². The van der Waals surface area contributed by atoms with Crippen molar-refractivity contribution >= 4 is 196 Å². The Balaban J connectivity index is 0.000000107. The minimum absolute atomic E-state index is 0.562. The van der Waals surface area contributed by atoms with Crippen LogP contribution in [-0.4, -0.2) is 41.1 Å². The number of aryl methyl sites for hydroxylation is 1. The Morgan fingerprint density at radius 3 is 0.777 bits per heavy atom. The molecule has 686 valence electrons. The number of nitrogens with zero attached hydrogens (tertiary/aromatic N) is 15. The van der Waals surface area contributed by atoms with Gasteiger partial charge in [0.15, 0.2) is 0 Å². The number of fused-ring (bicyclic) bond motifs is 33. The predicted molar refractivity (Wildman–Crippen MR) is 603 cm³/mol. The molecule has 30 rings (SSSR count). The van der Waals surface area contributed by atoms with E-state index in [2.05, 4.69) is 370 Å². The first-order chi connectivity index (χ1) is 73.2. The van der Waals surface area contributed by atoms with Gasteiger partial charge in [-0.2, -0.15) is 31.6 Å². The Bertz CT molecular complexity index is 10800. The van der Waals surface area contributed by atoms with Gasteiger partial charge >= 0.3 is 0 Å². The Hall–Kier alpha value is -21.2. The highest BCUT2D eigenvalue weighted by Crippen LogP contribution is 2.52. The predicted octanol–water partition coefficient (Wildman–Crippen LogP) is 32.4. The molecule has 0 atom stereocenters.